The number of nitrogens with one attached hydrogen (secondary N) is 1. The largest absolute Gasteiger partial charge is 0.317 e. The summed E-state index contributed by atoms with van der Waals surface area (Å²) in [4.78, 5) is 26.5. The van der Waals surface area contributed by atoms with Crippen molar-refractivity contribution < 1.29 is 0 Å². The van der Waals surface area contributed by atoms with Crippen LogP contribution in [0.15, 0.2) is 27.8 Å². The minimum Gasteiger partial charge on any atom is -0.316 e. The fourth-order valence-electron chi connectivity index (χ4n) is 3.28. The predicted molar refractivity (Wildman–Crippen MR) is 71.2 cm³/mol. The third-order valence-corrected chi connectivity index (χ3v) is 4.02. The number of H-pyrrole nitrogens is 1. The Bertz CT molecular complexity index is 727. The van der Waals surface area contributed by atoms with Crippen molar-refractivity contribution in [3.05, 3.63) is 44.5 Å². The Kier molecular flexibility index (Phi) is 2.40. The third-order valence-electron chi connectivity index (χ3n) is 4.02. The molecular weight excluding hydrogens is 228 g/mol. The molecule has 1 aromatic heterocycles. The van der Waals surface area contributed by atoms with Gasteiger partial charge in [-0.3, -0.25) is 14.2 Å². The summed E-state index contributed by atoms with van der Waals surface area (Å²) in [5, 5.41) is 0. The van der Waals surface area contributed by atoms with Crippen LogP contribution in [-0.4, -0.2) is 9.55 Å². The van der Waals surface area contributed by atoms with E-state index in [-0.39, 0.29) is 6.04 Å². The summed E-state index contributed by atoms with van der Waals surface area (Å²) in [5.41, 5.74) is 1.94. The maximum atomic E-state index is 12.1. The van der Waals surface area contributed by atoms with Crippen molar-refractivity contribution in [2.75, 3.05) is 0 Å². The lowest BCUT2D eigenvalue weighted by atomic mass is 9.91. The Balaban J connectivity index is 2.50. The molecule has 1 aromatic carbocycles. The summed E-state index contributed by atoms with van der Waals surface area (Å²) in [7, 11) is 0. The molecule has 1 aliphatic rings. The highest BCUT2D eigenvalue weighted by Gasteiger charge is 2.33. The summed E-state index contributed by atoms with van der Waals surface area (Å²) in [6.45, 7) is 4.20. The topological polar surface area (TPSA) is 54.9 Å². The van der Waals surface area contributed by atoms with Crippen molar-refractivity contribution in [2.45, 2.75) is 38.6 Å². The lowest BCUT2D eigenvalue weighted by molar-refractivity contribution is 0.417. The molecule has 0 fully saturated rings. The van der Waals surface area contributed by atoms with Crippen molar-refractivity contribution in [1.82, 2.24) is 9.55 Å². The van der Waals surface area contributed by atoms with Crippen LogP contribution in [0.4, 0.5) is 0 Å². The molecule has 2 aromatic rings. The first kappa shape index (κ1) is 11.3. The molecule has 4 heteroatoms. The number of hydrogen-bond acceptors (Lipinski definition) is 2. The van der Waals surface area contributed by atoms with E-state index in [0.29, 0.717) is 5.92 Å². The Labute approximate surface area is 104 Å². The Morgan fingerprint density at radius 1 is 1.22 bits per heavy atom. The van der Waals surface area contributed by atoms with Crippen LogP contribution < -0.4 is 11.1 Å². The van der Waals surface area contributed by atoms with Gasteiger partial charge < -0.3 is 4.98 Å². The van der Waals surface area contributed by atoms with Crippen LogP contribution in [0.25, 0.3) is 11.0 Å². The second-order valence-corrected chi connectivity index (χ2v) is 4.86. The van der Waals surface area contributed by atoms with Crippen LogP contribution in [0.3, 0.4) is 0 Å². The van der Waals surface area contributed by atoms with Gasteiger partial charge in [0.1, 0.15) is 0 Å². The first-order valence-corrected chi connectivity index (χ1v) is 6.46. The zero-order valence-electron chi connectivity index (χ0n) is 10.6. The van der Waals surface area contributed by atoms with Crippen molar-refractivity contribution >= 4 is 11.0 Å². The van der Waals surface area contributed by atoms with E-state index in [1.54, 1.807) is 4.57 Å². The fourth-order valence-corrected chi connectivity index (χ4v) is 3.28. The molecule has 0 amide bonds. The van der Waals surface area contributed by atoms with Crippen LogP contribution in [0.5, 0.6) is 0 Å². The molecule has 0 saturated carbocycles. The maximum Gasteiger partial charge on any atom is 0.317 e. The molecule has 0 radical (unpaired) electrons. The van der Waals surface area contributed by atoms with Crippen LogP contribution in [-0.2, 0) is 0 Å². The number of para-hydroxylation sites is 1. The van der Waals surface area contributed by atoms with E-state index in [1.165, 1.54) is 5.56 Å². The van der Waals surface area contributed by atoms with Gasteiger partial charge in [-0.1, -0.05) is 26.0 Å². The van der Waals surface area contributed by atoms with Gasteiger partial charge in [-0.25, -0.2) is 0 Å². The van der Waals surface area contributed by atoms with Crippen LogP contribution in [0.2, 0.25) is 0 Å². The minimum absolute atomic E-state index is 0.115. The van der Waals surface area contributed by atoms with E-state index in [4.69, 9.17) is 0 Å². The first-order chi connectivity index (χ1) is 8.69. The van der Waals surface area contributed by atoms with Crippen molar-refractivity contribution in [3.63, 3.8) is 0 Å². The van der Waals surface area contributed by atoms with Gasteiger partial charge in [-0.05, 0) is 24.5 Å². The number of hydrogen-bond donors (Lipinski definition) is 1. The molecule has 2 unspecified atom stereocenters. The molecule has 0 saturated heterocycles. The highest BCUT2D eigenvalue weighted by atomic mass is 16.2. The quantitative estimate of drug-likeness (QED) is 0.823. The summed E-state index contributed by atoms with van der Waals surface area (Å²) in [6, 6.07) is 5.99. The number of nitrogens with zero attached hydrogens (tertiary/aromatic N) is 1. The van der Waals surface area contributed by atoms with Gasteiger partial charge >= 0.3 is 11.1 Å². The molecule has 94 valence electrons. The molecule has 18 heavy (non-hydrogen) atoms. The molecule has 4 nitrogen and oxygen atoms in total. The van der Waals surface area contributed by atoms with Crippen molar-refractivity contribution in [1.29, 1.82) is 0 Å². The Morgan fingerprint density at radius 3 is 2.67 bits per heavy atom. The van der Waals surface area contributed by atoms with E-state index in [9.17, 15) is 9.59 Å². The van der Waals surface area contributed by atoms with Crippen molar-refractivity contribution in [3.8, 4) is 0 Å². The SMILES string of the molecule is CCC1c2cccc3[nH]c(=O)c(=O)n(c23)C1CC. The van der Waals surface area contributed by atoms with E-state index < -0.39 is 11.1 Å². The van der Waals surface area contributed by atoms with E-state index in [0.717, 1.165) is 23.9 Å². The average Bonchev–Trinajstić information content (AvgIpc) is 2.71. The number of aromatic amines is 1. The summed E-state index contributed by atoms with van der Waals surface area (Å²) in [6.07, 6.45) is 1.85. The lowest BCUT2D eigenvalue weighted by Crippen LogP contribution is -2.37. The smallest absolute Gasteiger partial charge is 0.316 e. The van der Waals surface area contributed by atoms with Crippen LogP contribution in [0.1, 0.15) is 44.2 Å². The first-order valence-electron chi connectivity index (χ1n) is 6.46. The van der Waals surface area contributed by atoms with E-state index >= 15 is 0 Å². The van der Waals surface area contributed by atoms with Gasteiger partial charge in [0.25, 0.3) is 0 Å². The number of benzene rings is 1. The van der Waals surface area contributed by atoms with Gasteiger partial charge in [-0.2, -0.15) is 0 Å². The molecule has 0 spiro atoms. The monoisotopic (exact) mass is 244 g/mol. The summed E-state index contributed by atoms with van der Waals surface area (Å²) in [5.74, 6) is 0.335. The van der Waals surface area contributed by atoms with E-state index in [2.05, 4.69) is 24.9 Å². The Hall–Kier alpha value is -1.84. The number of aromatic nitrogens is 2. The predicted octanol–water partition coefficient (Wildman–Crippen LogP) is 2.15. The van der Waals surface area contributed by atoms with Gasteiger partial charge in [0.15, 0.2) is 0 Å². The molecule has 2 atom stereocenters. The fraction of sp³-hybridized carbons (Fsp3) is 0.429. The van der Waals surface area contributed by atoms with Crippen molar-refractivity contribution in [2.24, 2.45) is 0 Å². The molecule has 0 bridgehead atoms. The third kappa shape index (κ3) is 1.26. The molecule has 0 aliphatic carbocycles. The molecule has 3 rings (SSSR count). The van der Waals surface area contributed by atoms with Gasteiger partial charge in [0.2, 0.25) is 0 Å². The second kappa shape index (κ2) is 3.83. The highest BCUT2D eigenvalue weighted by molar-refractivity contribution is 5.81. The normalized spacial score (nSPS) is 21.7. The second-order valence-electron chi connectivity index (χ2n) is 4.86. The van der Waals surface area contributed by atoms with Gasteiger partial charge in [0, 0.05) is 12.0 Å². The summed E-state index contributed by atoms with van der Waals surface area (Å²) < 4.78 is 1.71. The Morgan fingerprint density at radius 2 is 2.00 bits per heavy atom. The minimum atomic E-state index is -0.519. The molecular formula is C14H16N2O2. The highest BCUT2D eigenvalue weighted by Crippen LogP contribution is 2.42. The number of rotatable bonds is 2. The van der Waals surface area contributed by atoms with Crippen LogP contribution >= 0.6 is 0 Å². The molecule has 1 N–H and O–H groups in total. The molecule has 1 aliphatic heterocycles. The standard InChI is InChI=1S/C14H16N2O2/c1-3-8-9-6-5-7-10-12(9)16(11(8)4-2)14(18)13(17)15-10/h5-8,11H,3-4H2,1-2H3,(H,15,17). The van der Waals surface area contributed by atoms with Gasteiger partial charge in [-0.15, -0.1) is 0 Å². The maximum absolute atomic E-state index is 12.1. The average molecular weight is 244 g/mol. The zero-order valence-corrected chi connectivity index (χ0v) is 10.6. The van der Waals surface area contributed by atoms with Gasteiger partial charge in [0.05, 0.1) is 11.0 Å². The van der Waals surface area contributed by atoms with Crippen LogP contribution in [0, 0.1) is 0 Å². The summed E-state index contributed by atoms with van der Waals surface area (Å²) >= 11 is 0. The zero-order chi connectivity index (χ0) is 12.9. The molecule has 2 heterocycles. The lowest BCUT2D eigenvalue weighted by Gasteiger charge is -2.18. The van der Waals surface area contributed by atoms with E-state index in [1.807, 2.05) is 12.1 Å².